The minimum Gasteiger partial charge on any atom is -0.334 e. The van der Waals surface area contributed by atoms with E-state index in [0.717, 1.165) is 43.9 Å². The zero-order valence-electron chi connectivity index (χ0n) is 10.7. The van der Waals surface area contributed by atoms with Crippen LogP contribution in [0.25, 0.3) is 0 Å². The Labute approximate surface area is 111 Å². The molecule has 0 atom stereocenters. The molecule has 0 saturated heterocycles. The number of halogens is 2. The molecule has 104 valence electrons. The summed E-state index contributed by atoms with van der Waals surface area (Å²) in [4.78, 5) is 14.0. The summed E-state index contributed by atoms with van der Waals surface area (Å²) in [5.41, 5.74) is 5.58. The van der Waals surface area contributed by atoms with Gasteiger partial charge in [0.2, 0.25) is 0 Å². The first kappa shape index (κ1) is 13.9. The fourth-order valence-electron chi connectivity index (χ4n) is 2.65. The monoisotopic (exact) mass is 268 g/mol. The van der Waals surface area contributed by atoms with Gasteiger partial charge in [0, 0.05) is 30.8 Å². The molecule has 0 aromatic heterocycles. The second-order valence-electron chi connectivity index (χ2n) is 4.88. The Kier molecular flexibility index (Phi) is 4.47. The summed E-state index contributed by atoms with van der Waals surface area (Å²) in [7, 11) is 0. The van der Waals surface area contributed by atoms with Crippen molar-refractivity contribution in [2.75, 3.05) is 13.1 Å². The van der Waals surface area contributed by atoms with Crippen molar-refractivity contribution in [1.29, 1.82) is 0 Å². The van der Waals surface area contributed by atoms with E-state index in [2.05, 4.69) is 0 Å². The number of rotatable bonds is 4. The average Bonchev–Trinajstić information content (AvgIpc) is 2.87. The van der Waals surface area contributed by atoms with Crippen LogP contribution in [0.4, 0.5) is 8.78 Å². The molecular formula is C14H18F2N2O. The summed E-state index contributed by atoms with van der Waals surface area (Å²) in [5.74, 6) is -1.80. The topological polar surface area (TPSA) is 46.3 Å². The molecule has 1 saturated carbocycles. The lowest BCUT2D eigenvalue weighted by atomic mass is 10.1. The van der Waals surface area contributed by atoms with Crippen LogP contribution in [0.3, 0.4) is 0 Å². The third kappa shape index (κ3) is 3.29. The van der Waals surface area contributed by atoms with E-state index >= 15 is 0 Å². The van der Waals surface area contributed by atoms with Crippen molar-refractivity contribution in [1.82, 2.24) is 4.90 Å². The normalized spacial score (nSPS) is 15.7. The molecule has 0 bridgehead atoms. The first-order valence-corrected chi connectivity index (χ1v) is 6.59. The van der Waals surface area contributed by atoms with Crippen LogP contribution in [-0.2, 0) is 0 Å². The SMILES string of the molecule is NCCN(C(=O)c1cc(F)cc(F)c1)C1CCCC1. The minimum atomic E-state index is -0.734. The fourth-order valence-corrected chi connectivity index (χ4v) is 2.65. The lowest BCUT2D eigenvalue weighted by Gasteiger charge is -2.28. The first-order chi connectivity index (χ1) is 9.11. The van der Waals surface area contributed by atoms with Gasteiger partial charge < -0.3 is 10.6 Å². The molecule has 1 amide bonds. The zero-order chi connectivity index (χ0) is 13.8. The van der Waals surface area contributed by atoms with Gasteiger partial charge in [0.05, 0.1) is 0 Å². The Balaban J connectivity index is 2.22. The van der Waals surface area contributed by atoms with Gasteiger partial charge in [-0.3, -0.25) is 4.79 Å². The van der Waals surface area contributed by atoms with Crippen LogP contribution in [0, 0.1) is 11.6 Å². The number of nitrogens with zero attached hydrogens (tertiary/aromatic N) is 1. The van der Waals surface area contributed by atoms with E-state index in [1.165, 1.54) is 0 Å². The van der Waals surface area contributed by atoms with Crippen LogP contribution in [0.5, 0.6) is 0 Å². The van der Waals surface area contributed by atoms with Crippen molar-refractivity contribution in [3.8, 4) is 0 Å². The van der Waals surface area contributed by atoms with Crippen LogP contribution in [0.1, 0.15) is 36.0 Å². The highest BCUT2D eigenvalue weighted by Gasteiger charge is 2.27. The van der Waals surface area contributed by atoms with Crippen LogP contribution in [-0.4, -0.2) is 29.9 Å². The predicted octanol–water partition coefficient (Wildman–Crippen LogP) is 2.31. The maximum atomic E-state index is 13.2. The molecule has 1 aromatic rings. The molecule has 0 spiro atoms. The number of benzene rings is 1. The number of nitrogens with two attached hydrogens (primary N) is 1. The average molecular weight is 268 g/mol. The van der Waals surface area contributed by atoms with Crippen molar-refractivity contribution in [2.45, 2.75) is 31.7 Å². The minimum absolute atomic E-state index is 0.0536. The molecular weight excluding hydrogens is 250 g/mol. The van der Waals surface area contributed by atoms with E-state index in [0.29, 0.717) is 13.1 Å². The second kappa shape index (κ2) is 6.10. The van der Waals surface area contributed by atoms with E-state index < -0.39 is 11.6 Å². The van der Waals surface area contributed by atoms with Gasteiger partial charge in [0.15, 0.2) is 0 Å². The van der Waals surface area contributed by atoms with Gasteiger partial charge in [-0.1, -0.05) is 12.8 Å². The van der Waals surface area contributed by atoms with Gasteiger partial charge in [-0.05, 0) is 25.0 Å². The smallest absolute Gasteiger partial charge is 0.254 e. The third-order valence-electron chi connectivity index (χ3n) is 3.51. The third-order valence-corrected chi connectivity index (χ3v) is 3.51. The molecule has 1 aliphatic carbocycles. The standard InChI is InChI=1S/C14H18F2N2O/c15-11-7-10(8-12(16)9-11)14(19)18(6-5-17)13-3-1-2-4-13/h7-9,13H,1-6,17H2. The number of amides is 1. The van der Waals surface area contributed by atoms with Gasteiger partial charge in [-0.15, -0.1) is 0 Å². The lowest BCUT2D eigenvalue weighted by molar-refractivity contribution is 0.0687. The Morgan fingerprint density at radius 2 is 1.79 bits per heavy atom. The second-order valence-corrected chi connectivity index (χ2v) is 4.88. The molecule has 0 radical (unpaired) electrons. The van der Waals surface area contributed by atoms with Crippen molar-refractivity contribution in [2.24, 2.45) is 5.73 Å². The molecule has 0 aliphatic heterocycles. The van der Waals surface area contributed by atoms with Crippen LogP contribution in [0.2, 0.25) is 0 Å². The summed E-state index contributed by atoms with van der Waals surface area (Å²) in [6, 6.07) is 3.05. The number of carbonyl (C=O) groups is 1. The molecule has 2 rings (SSSR count). The molecule has 19 heavy (non-hydrogen) atoms. The van der Waals surface area contributed by atoms with Gasteiger partial charge in [-0.2, -0.15) is 0 Å². The highest BCUT2D eigenvalue weighted by molar-refractivity contribution is 5.94. The van der Waals surface area contributed by atoms with Crippen molar-refractivity contribution in [3.05, 3.63) is 35.4 Å². The predicted molar refractivity (Wildman–Crippen MR) is 68.7 cm³/mol. The largest absolute Gasteiger partial charge is 0.334 e. The summed E-state index contributed by atoms with van der Waals surface area (Å²) in [5, 5.41) is 0. The number of hydrogen-bond donors (Lipinski definition) is 1. The van der Waals surface area contributed by atoms with Crippen LogP contribution in [0.15, 0.2) is 18.2 Å². The highest BCUT2D eigenvalue weighted by atomic mass is 19.1. The van der Waals surface area contributed by atoms with Crippen molar-refractivity contribution < 1.29 is 13.6 Å². The molecule has 5 heteroatoms. The Hall–Kier alpha value is -1.49. The van der Waals surface area contributed by atoms with Crippen LogP contribution >= 0.6 is 0 Å². The summed E-state index contributed by atoms with van der Waals surface area (Å²) < 4.78 is 26.4. The van der Waals surface area contributed by atoms with Gasteiger partial charge in [0.25, 0.3) is 5.91 Å². The fraction of sp³-hybridized carbons (Fsp3) is 0.500. The molecule has 1 aliphatic rings. The van der Waals surface area contributed by atoms with Crippen LogP contribution < -0.4 is 5.73 Å². The molecule has 1 aromatic carbocycles. The molecule has 1 fully saturated rings. The molecule has 3 nitrogen and oxygen atoms in total. The zero-order valence-corrected chi connectivity index (χ0v) is 10.7. The lowest BCUT2D eigenvalue weighted by Crippen LogP contribution is -2.42. The van der Waals surface area contributed by atoms with Gasteiger partial charge >= 0.3 is 0 Å². The van der Waals surface area contributed by atoms with E-state index in [1.807, 2.05) is 0 Å². The number of carbonyl (C=O) groups excluding carboxylic acids is 1. The highest BCUT2D eigenvalue weighted by Crippen LogP contribution is 2.25. The number of hydrogen-bond acceptors (Lipinski definition) is 2. The molecule has 2 N–H and O–H groups in total. The summed E-state index contributed by atoms with van der Waals surface area (Å²) in [6.07, 6.45) is 4.03. The van der Waals surface area contributed by atoms with E-state index in [9.17, 15) is 13.6 Å². The molecule has 0 unspecified atom stereocenters. The van der Waals surface area contributed by atoms with Crippen molar-refractivity contribution in [3.63, 3.8) is 0 Å². The van der Waals surface area contributed by atoms with E-state index in [4.69, 9.17) is 5.73 Å². The Morgan fingerprint density at radius 1 is 1.21 bits per heavy atom. The van der Waals surface area contributed by atoms with Gasteiger partial charge in [0.1, 0.15) is 11.6 Å². The molecule has 0 heterocycles. The maximum Gasteiger partial charge on any atom is 0.254 e. The Bertz CT molecular complexity index is 439. The quantitative estimate of drug-likeness (QED) is 0.910. The maximum absolute atomic E-state index is 13.2. The summed E-state index contributed by atoms with van der Waals surface area (Å²) in [6.45, 7) is 0.766. The summed E-state index contributed by atoms with van der Waals surface area (Å²) >= 11 is 0. The van der Waals surface area contributed by atoms with E-state index in [1.54, 1.807) is 4.90 Å². The Morgan fingerprint density at radius 3 is 2.32 bits per heavy atom. The van der Waals surface area contributed by atoms with Gasteiger partial charge in [-0.25, -0.2) is 8.78 Å². The van der Waals surface area contributed by atoms with E-state index in [-0.39, 0.29) is 17.5 Å². The van der Waals surface area contributed by atoms with Crippen molar-refractivity contribution >= 4 is 5.91 Å². The first-order valence-electron chi connectivity index (χ1n) is 6.59.